The first-order valence-electron chi connectivity index (χ1n) is 4.97. The molecule has 0 amide bonds. The van der Waals surface area contributed by atoms with Gasteiger partial charge in [0.05, 0.1) is 12.1 Å². The summed E-state index contributed by atoms with van der Waals surface area (Å²) < 4.78 is 4.84. The number of ether oxygens (including phenoxy) is 1. The Morgan fingerprint density at radius 2 is 2.31 bits per heavy atom. The van der Waals surface area contributed by atoms with Crippen LogP contribution >= 0.6 is 0 Å². The lowest BCUT2D eigenvalue weighted by molar-refractivity contribution is 0.0523. The molecule has 0 fully saturated rings. The summed E-state index contributed by atoms with van der Waals surface area (Å²) in [6.45, 7) is 2.00. The molecule has 1 heterocycles. The van der Waals surface area contributed by atoms with Crippen LogP contribution < -0.4 is 0 Å². The Hall–Kier alpha value is -2.10. The first-order valence-corrected chi connectivity index (χ1v) is 4.97. The van der Waals surface area contributed by atoms with E-state index in [1.54, 1.807) is 25.3 Å². The predicted octanol–water partition coefficient (Wildman–Crippen LogP) is 2.12. The average molecular weight is 217 g/mol. The second kappa shape index (κ2) is 4.18. The van der Waals surface area contributed by atoms with Gasteiger partial charge in [0.25, 0.3) is 0 Å². The standard InChI is InChI=1S/C12H11NO3/c1-2-16-12(15)9-6-8-4-3-5-13-10(8)7-11(9)14/h3-7,14H,2H2,1H3. The summed E-state index contributed by atoms with van der Waals surface area (Å²) in [6, 6.07) is 6.63. The molecule has 0 atom stereocenters. The highest BCUT2D eigenvalue weighted by atomic mass is 16.5. The van der Waals surface area contributed by atoms with Gasteiger partial charge in [-0.2, -0.15) is 0 Å². The maximum atomic E-state index is 11.5. The molecule has 0 radical (unpaired) electrons. The van der Waals surface area contributed by atoms with Crippen LogP contribution in [0.3, 0.4) is 0 Å². The molecule has 4 heteroatoms. The number of aromatic hydroxyl groups is 1. The number of phenolic OH excluding ortho intramolecular Hbond substituents is 1. The molecule has 2 aromatic rings. The number of carbonyl (C=O) groups excluding carboxylic acids is 1. The zero-order valence-electron chi connectivity index (χ0n) is 8.80. The quantitative estimate of drug-likeness (QED) is 0.783. The van der Waals surface area contributed by atoms with Gasteiger partial charge in [-0.05, 0) is 19.1 Å². The van der Waals surface area contributed by atoms with Gasteiger partial charge in [-0.3, -0.25) is 4.98 Å². The number of esters is 1. The Morgan fingerprint density at radius 3 is 3.06 bits per heavy atom. The minimum absolute atomic E-state index is 0.107. The van der Waals surface area contributed by atoms with E-state index in [4.69, 9.17) is 4.74 Å². The van der Waals surface area contributed by atoms with Gasteiger partial charge in [-0.1, -0.05) is 6.07 Å². The number of hydrogen-bond acceptors (Lipinski definition) is 4. The van der Waals surface area contributed by atoms with Gasteiger partial charge in [0.2, 0.25) is 0 Å². The molecule has 0 aliphatic heterocycles. The van der Waals surface area contributed by atoms with Crippen LogP contribution in [-0.4, -0.2) is 22.7 Å². The lowest BCUT2D eigenvalue weighted by Gasteiger charge is -2.05. The summed E-state index contributed by atoms with van der Waals surface area (Å²) in [7, 11) is 0. The van der Waals surface area contributed by atoms with Gasteiger partial charge in [-0.25, -0.2) is 4.79 Å². The third kappa shape index (κ3) is 1.82. The van der Waals surface area contributed by atoms with E-state index in [0.717, 1.165) is 5.39 Å². The summed E-state index contributed by atoms with van der Waals surface area (Å²) in [4.78, 5) is 15.6. The Labute approximate surface area is 92.5 Å². The minimum Gasteiger partial charge on any atom is -0.507 e. The van der Waals surface area contributed by atoms with E-state index in [9.17, 15) is 9.90 Å². The second-order valence-electron chi connectivity index (χ2n) is 3.29. The second-order valence-corrected chi connectivity index (χ2v) is 3.29. The van der Waals surface area contributed by atoms with Gasteiger partial charge in [0.1, 0.15) is 11.3 Å². The molecule has 1 aromatic carbocycles. The molecule has 0 unspecified atom stereocenters. The number of benzene rings is 1. The molecule has 0 aliphatic carbocycles. The highest BCUT2D eigenvalue weighted by Crippen LogP contribution is 2.24. The van der Waals surface area contributed by atoms with Gasteiger partial charge >= 0.3 is 5.97 Å². The topological polar surface area (TPSA) is 59.4 Å². The number of pyridine rings is 1. The summed E-state index contributed by atoms with van der Waals surface area (Å²) in [5.41, 5.74) is 0.815. The van der Waals surface area contributed by atoms with Crippen molar-refractivity contribution in [2.45, 2.75) is 6.92 Å². The number of hydrogen-bond donors (Lipinski definition) is 1. The van der Waals surface area contributed by atoms with Crippen molar-refractivity contribution in [1.82, 2.24) is 4.98 Å². The normalized spacial score (nSPS) is 10.3. The summed E-state index contributed by atoms with van der Waals surface area (Å²) in [5.74, 6) is -0.629. The predicted molar refractivity (Wildman–Crippen MR) is 59.4 cm³/mol. The molecular weight excluding hydrogens is 206 g/mol. The summed E-state index contributed by atoms with van der Waals surface area (Å²) >= 11 is 0. The van der Waals surface area contributed by atoms with E-state index in [2.05, 4.69) is 4.98 Å². The van der Waals surface area contributed by atoms with Crippen LogP contribution in [0, 0.1) is 0 Å². The molecule has 0 bridgehead atoms. The van der Waals surface area contributed by atoms with Crippen LogP contribution in [0.1, 0.15) is 17.3 Å². The molecule has 0 aliphatic rings. The SMILES string of the molecule is CCOC(=O)c1cc2cccnc2cc1O. The first-order chi connectivity index (χ1) is 7.72. The van der Waals surface area contributed by atoms with E-state index < -0.39 is 5.97 Å². The summed E-state index contributed by atoms with van der Waals surface area (Å²) in [6.07, 6.45) is 1.63. The third-order valence-electron chi connectivity index (χ3n) is 2.22. The fourth-order valence-corrected chi connectivity index (χ4v) is 1.48. The van der Waals surface area contributed by atoms with Gasteiger partial charge in [0, 0.05) is 17.6 Å². The molecule has 0 spiro atoms. The first kappa shape index (κ1) is 10.4. The minimum atomic E-state index is -0.522. The van der Waals surface area contributed by atoms with E-state index in [1.807, 2.05) is 6.07 Å². The number of rotatable bonds is 2. The van der Waals surface area contributed by atoms with Crippen molar-refractivity contribution in [3.05, 3.63) is 36.0 Å². The number of aromatic nitrogens is 1. The van der Waals surface area contributed by atoms with Crippen LogP contribution in [0.4, 0.5) is 0 Å². The number of nitrogens with zero attached hydrogens (tertiary/aromatic N) is 1. The molecular formula is C12H11NO3. The van der Waals surface area contributed by atoms with Crippen molar-refractivity contribution >= 4 is 16.9 Å². The lowest BCUT2D eigenvalue weighted by atomic mass is 10.1. The zero-order chi connectivity index (χ0) is 11.5. The Morgan fingerprint density at radius 1 is 1.50 bits per heavy atom. The Bertz CT molecular complexity index is 537. The van der Waals surface area contributed by atoms with Gasteiger partial charge < -0.3 is 9.84 Å². The molecule has 82 valence electrons. The van der Waals surface area contributed by atoms with Crippen LogP contribution in [-0.2, 0) is 4.74 Å². The Balaban J connectivity index is 2.54. The van der Waals surface area contributed by atoms with Crippen LogP contribution in [0.15, 0.2) is 30.5 Å². The monoisotopic (exact) mass is 217 g/mol. The smallest absolute Gasteiger partial charge is 0.341 e. The van der Waals surface area contributed by atoms with E-state index in [0.29, 0.717) is 5.52 Å². The van der Waals surface area contributed by atoms with Crippen molar-refractivity contribution in [2.24, 2.45) is 0 Å². The van der Waals surface area contributed by atoms with Crippen molar-refractivity contribution < 1.29 is 14.6 Å². The lowest BCUT2D eigenvalue weighted by Crippen LogP contribution is -2.04. The molecule has 0 saturated carbocycles. The van der Waals surface area contributed by atoms with Crippen LogP contribution in [0.25, 0.3) is 10.9 Å². The fraction of sp³-hybridized carbons (Fsp3) is 0.167. The van der Waals surface area contributed by atoms with E-state index >= 15 is 0 Å². The highest BCUT2D eigenvalue weighted by Gasteiger charge is 2.13. The Kier molecular flexibility index (Phi) is 2.72. The molecule has 0 saturated heterocycles. The maximum Gasteiger partial charge on any atom is 0.341 e. The molecule has 1 aromatic heterocycles. The van der Waals surface area contributed by atoms with Gasteiger partial charge in [-0.15, -0.1) is 0 Å². The fourth-order valence-electron chi connectivity index (χ4n) is 1.48. The van der Waals surface area contributed by atoms with Crippen LogP contribution in [0.5, 0.6) is 5.75 Å². The van der Waals surface area contributed by atoms with Gasteiger partial charge in [0.15, 0.2) is 0 Å². The number of carbonyl (C=O) groups is 1. The van der Waals surface area contributed by atoms with Crippen molar-refractivity contribution in [3.63, 3.8) is 0 Å². The zero-order valence-corrected chi connectivity index (χ0v) is 8.80. The highest BCUT2D eigenvalue weighted by molar-refractivity contribution is 5.97. The van der Waals surface area contributed by atoms with Crippen LogP contribution in [0.2, 0.25) is 0 Å². The number of phenols is 1. The van der Waals surface area contributed by atoms with E-state index in [1.165, 1.54) is 6.07 Å². The molecule has 16 heavy (non-hydrogen) atoms. The van der Waals surface area contributed by atoms with Crippen molar-refractivity contribution in [1.29, 1.82) is 0 Å². The number of fused-ring (bicyclic) bond motifs is 1. The molecule has 1 N–H and O–H groups in total. The molecule has 2 rings (SSSR count). The third-order valence-corrected chi connectivity index (χ3v) is 2.22. The largest absolute Gasteiger partial charge is 0.507 e. The van der Waals surface area contributed by atoms with Crippen molar-refractivity contribution in [2.75, 3.05) is 6.61 Å². The average Bonchev–Trinajstić information content (AvgIpc) is 2.28. The molecule has 4 nitrogen and oxygen atoms in total. The summed E-state index contributed by atoms with van der Waals surface area (Å²) in [5, 5.41) is 10.5. The van der Waals surface area contributed by atoms with Crippen molar-refractivity contribution in [3.8, 4) is 5.75 Å². The maximum absolute atomic E-state index is 11.5. The van der Waals surface area contributed by atoms with E-state index in [-0.39, 0.29) is 17.9 Å².